The molecule has 126 valence electrons. The zero-order valence-corrected chi connectivity index (χ0v) is 13.4. The standard InChI is InChI=1S/C14H22O8/c1-11(2,3)7(15)13(21,9(17)18)14(22,10(19)20)8(16)12(4,5)6/h21-22H,1-6H3,(H,17,18)(H,19,20)/t13-,14+. The van der Waals surface area contributed by atoms with E-state index in [4.69, 9.17) is 0 Å². The van der Waals surface area contributed by atoms with Gasteiger partial charge in [-0.25, -0.2) is 9.59 Å². The summed E-state index contributed by atoms with van der Waals surface area (Å²) >= 11 is 0. The van der Waals surface area contributed by atoms with Crippen molar-refractivity contribution in [2.45, 2.75) is 52.7 Å². The van der Waals surface area contributed by atoms with Crippen LogP contribution in [-0.2, 0) is 19.2 Å². The van der Waals surface area contributed by atoms with Gasteiger partial charge in [0.1, 0.15) is 0 Å². The van der Waals surface area contributed by atoms with Gasteiger partial charge in [0.15, 0.2) is 11.6 Å². The van der Waals surface area contributed by atoms with Crippen LogP contribution >= 0.6 is 0 Å². The van der Waals surface area contributed by atoms with E-state index in [0.717, 1.165) is 0 Å². The second kappa shape index (κ2) is 5.44. The topological polar surface area (TPSA) is 149 Å². The van der Waals surface area contributed by atoms with Crippen LogP contribution in [0.3, 0.4) is 0 Å². The van der Waals surface area contributed by atoms with Crippen LogP contribution in [0.5, 0.6) is 0 Å². The third-order valence-electron chi connectivity index (χ3n) is 3.16. The van der Waals surface area contributed by atoms with E-state index in [2.05, 4.69) is 0 Å². The Morgan fingerprint density at radius 1 is 0.591 bits per heavy atom. The molecular weight excluding hydrogens is 296 g/mol. The van der Waals surface area contributed by atoms with Crippen LogP contribution in [0.15, 0.2) is 0 Å². The Kier molecular flexibility index (Phi) is 4.99. The Hall–Kier alpha value is -1.80. The number of aliphatic carboxylic acids is 2. The van der Waals surface area contributed by atoms with E-state index >= 15 is 0 Å². The molecule has 2 atom stereocenters. The van der Waals surface area contributed by atoms with Crippen LogP contribution < -0.4 is 0 Å². The molecule has 0 saturated carbocycles. The fraction of sp³-hybridized carbons (Fsp3) is 0.714. The van der Waals surface area contributed by atoms with Gasteiger partial charge >= 0.3 is 11.9 Å². The third-order valence-corrected chi connectivity index (χ3v) is 3.16. The number of carboxylic acid groups (broad SMARTS) is 2. The van der Waals surface area contributed by atoms with E-state index in [9.17, 15) is 39.6 Å². The summed E-state index contributed by atoms with van der Waals surface area (Å²) in [6, 6.07) is 0. The maximum Gasteiger partial charge on any atom is 0.347 e. The molecule has 0 aromatic heterocycles. The number of rotatable bonds is 5. The van der Waals surface area contributed by atoms with Crippen molar-refractivity contribution in [1.29, 1.82) is 0 Å². The summed E-state index contributed by atoms with van der Waals surface area (Å²) in [5.41, 5.74) is -10.7. The summed E-state index contributed by atoms with van der Waals surface area (Å²) in [5.74, 6) is -7.60. The molecule has 4 N–H and O–H groups in total. The predicted molar refractivity (Wildman–Crippen MR) is 74.1 cm³/mol. The molecule has 8 nitrogen and oxygen atoms in total. The van der Waals surface area contributed by atoms with Gasteiger partial charge in [-0.1, -0.05) is 41.5 Å². The van der Waals surface area contributed by atoms with Gasteiger partial charge in [0.05, 0.1) is 0 Å². The van der Waals surface area contributed by atoms with Gasteiger partial charge in [0.2, 0.25) is 0 Å². The SMILES string of the molecule is CC(C)(C)C(=O)[C@](O)(C(=O)O)[C@](O)(C(=O)O)C(=O)C(C)(C)C. The number of Topliss-reactive ketones (excluding diaryl/α,β-unsaturated/α-hetero) is 2. The second-order valence-electron chi connectivity index (χ2n) is 7.19. The maximum atomic E-state index is 12.3. The van der Waals surface area contributed by atoms with E-state index in [0.29, 0.717) is 0 Å². The van der Waals surface area contributed by atoms with Crippen LogP contribution in [0.1, 0.15) is 41.5 Å². The number of carbonyl (C=O) groups is 4. The minimum atomic E-state index is -3.82. The Bertz CT molecular complexity index is 474. The first kappa shape index (κ1) is 20.2. The van der Waals surface area contributed by atoms with Crippen LogP contribution in [0, 0.1) is 10.8 Å². The number of carbonyl (C=O) groups excluding carboxylic acids is 2. The van der Waals surface area contributed by atoms with Crippen molar-refractivity contribution < 1.29 is 39.6 Å². The van der Waals surface area contributed by atoms with E-state index in [1.54, 1.807) is 0 Å². The summed E-state index contributed by atoms with van der Waals surface area (Å²) in [6.07, 6.45) is 0. The first-order chi connectivity index (χ1) is 9.45. The first-order valence-electron chi connectivity index (χ1n) is 6.46. The first-order valence-corrected chi connectivity index (χ1v) is 6.46. The van der Waals surface area contributed by atoms with Crippen molar-refractivity contribution in [2.75, 3.05) is 0 Å². The molecule has 0 radical (unpaired) electrons. The predicted octanol–water partition coefficient (Wildman–Crippen LogP) is -0.152. The molecule has 0 aromatic rings. The Morgan fingerprint density at radius 3 is 0.864 bits per heavy atom. The summed E-state index contributed by atoms with van der Waals surface area (Å²) in [5, 5.41) is 39.1. The van der Waals surface area contributed by atoms with Crippen molar-refractivity contribution in [2.24, 2.45) is 10.8 Å². The number of aliphatic hydroxyl groups is 2. The molecule has 8 heteroatoms. The Labute approximate surface area is 127 Å². The largest absolute Gasteiger partial charge is 0.479 e. The lowest BCUT2D eigenvalue weighted by atomic mass is 9.65. The lowest BCUT2D eigenvalue weighted by Gasteiger charge is -2.40. The van der Waals surface area contributed by atoms with Gasteiger partial charge in [0.25, 0.3) is 11.2 Å². The lowest BCUT2D eigenvalue weighted by Crippen LogP contribution is -2.74. The second-order valence-corrected chi connectivity index (χ2v) is 7.19. The van der Waals surface area contributed by atoms with Gasteiger partial charge in [-0.3, -0.25) is 9.59 Å². The van der Waals surface area contributed by atoms with Crippen molar-refractivity contribution >= 4 is 23.5 Å². The number of carboxylic acids is 2. The van der Waals surface area contributed by atoms with Gasteiger partial charge in [-0.15, -0.1) is 0 Å². The Morgan fingerprint density at radius 2 is 0.773 bits per heavy atom. The Balaban J connectivity index is 6.67. The monoisotopic (exact) mass is 318 g/mol. The fourth-order valence-corrected chi connectivity index (χ4v) is 1.92. The average Bonchev–Trinajstić information content (AvgIpc) is 2.31. The molecule has 0 amide bonds. The molecule has 0 bridgehead atoms. The van der Waals surface area contributed by atoms with Gasteiger partial charge in [0, 0.05) is 10.8 Å². The normalized spacial score (nSPS) is 18.0. The number of hydrogen-bond donors (Lipinski definition) is 4. The van der Waals surface area contributed by atoms with Crippen LogP contribution in [0.4, 0.5) is 0 Å². The minimum absolute atomic E-state index is 1.23. The lowest BCUT2D eigenvalue weighted by molar-refractivity contribution is -0.212. The molecule has 0 unspecified atom stereocenters. The van der Waals surface area contributed by atoms with Gasteiger partial charge in [-0.2, -0.15) is 0 Å². The quantitative estimate of drug-likeness (QED) is 0.511. The molecule has 0 heterocycles. The van der Waals surface area contributed by atoms with Crippen molar-refractivity contribution in [1.82, 2.24) is 0 Å². The van der Waals surface area contributed by atoms with Crippen LogP contribution in [-0.4, -0.2) is 55.1 Å². The van der Waals surface area contributed by atoms with Crippen molar-refractivity contribution in [3.05, 3.63) is 0 Å². The van der Waals surface area contributed by atoms with Crippen molar-refractivity contribution in [3.63, 3.8) is 0 Å². The number of ketones is 2. The number of hydrogen-bond acceptors (Lipinski definition) is 6. The van der Waals surface area contributed by atoms with E-state index in [-0.39, 0.29) is 0 Å². The maximum absolute atomic E-state index is 12.3. The molecule has 0 aliphatic heterocycles. The minimum Gasteiger partial charge on any atom is -0.479 e. The fourth-order valence-electron chi connectivity index (χ4n) is 1.92. The van der Waals surface area contributed by atoms with E-state index < -0.39 is 45.5 Å². The molecule has 0 aliphatic carbocycles. The summed E-state index contributed by atoms with van der Waals surface area (Å²) in [6.45, 7) is 7.38. The molecule has 0 rings (SSSR count). The molecule has 0 aliphatic rings. The third kappa shape index (κ3) is 2.89. The highest BCUT2D eigenvalue weighted by Gasteiger charge is 2.72. The highest BCUT2D eigenvalue weighted by molar-refractivity contribution is 6.23. The van der Waals surface area contributed by atoms with Gasteiger partial charge in [-0.05, 0) is 0 Å². The van der Waals surface area contributed by atoms with E-state index in [1.807, 2.05) is 0 Å². The molecule has 0 aromatic carbocycles. The van der Waals surface area contributed by atoms with Crippen LogP contribution in [0.25, 0.3) is 0 Å². The highest BCUT2D eigenvalue weighted by atomic mass is 16.5. The summed E-state index contributed by atoms with van der Waals surface area (Å²) < 4.78 is 0. The zero-order valence-electron chi connectivity index (χ0n) is 13.4. The summed E-state index contributed by atoms with van der Waals surface area (Å²) in [4.78, 5) is 47.5. The zero-order chi connectivity index (χ0) is 18.3. The molecular formula is C14H22O8. The van der Waals surface area contributed by atoms with Crippen LogP contribution in [0.2, 0.25) is 0 Å². The molecule has 0 fully saturated rings. The smallest absolute Gasteiger partial charge is 0.347 e. The molecule has 22 heavy (non-hydrogen) atoms. The van der Waals surface area contributed by atoms with Crippen molar-refractivity contribution in [3.8, 4) is 0 Å². The summed E-state index contributed by atoms with van der Waals surface area (Å²) in [7, 11) is 0. The average molecular weight is 318 g/mol. The van der Waals surface area contributed by atoms with Gasteiger partial charge < -0.3 is 20.4 Å². The highest BCUT2D eigenvalue weighted by Crippen LogP contribution is 2.37. The van der Waals surface area contributed by atoms with E-state index in [1.165, 1.54) is 41.5 Å². The molecule has 0 saturated heterocycles. The molecule has 0 spiro atoms.